The smallest absolute Gasteiger partial charge is 0.237 e. The summed E-state index contributed by atoms with van der Waals surface area (Å²) in [6, 6.07) is 13.3. The highest BCUT2D eigenvalue weighted by Gasteiger charge is 2.23. The van der Waals surface area contributed by atoms with Crippen LogP contribution in [-0.2, 0) is 11.3 Å². The zero-order chi connectivity index (χ0) is 22.5. The Kier molecular flexibility index (Phi) is 7.44. The van der Waals surface area contributed by atoms with Gasteiger partial charge in [0.25, 0.3) is 0 Å². The van der Waals surface area contributed by atoms with Crippen LogP contribution in [0.15, 0.2) is 53.7 Å². The molecule has 1 aliphatic heterocycles. The number of nitrogens with one attached hydrogen (secondary N) is 1. The predicted molar refractivity (Wildman–Crippen MR) is 126 cm³/mol. The number of benzene rings is 2. The Morgan fingerprint density at radius 3 is 2.62 bits per heavy atom. The highest BCUT2D eigenvalue weighted by molar-refractivity contribution is 8.00. The van der Waals surface area contributed by atoms with Crippen molar-refractivity contribution in [2.75, 3.05) is 18.4 Å². The minimum absolute atomic E-state index is 0.163. The van der Waals surface area contributed by atoms with Crippen LogP contribution in [0.2, 0.25) is 5.02 Å². The van der Waals surface area contributed by atoms with Gasteiger partial charge in [0.1, 0.15) is 5.82 Å². The van der Waals surface area contributed by atoms with Gasteiger partial charge in [0.05, 0.1) is 11.8 Å². The number of nitrogens with zero attached hydrogens (tertiary/aromatic N) is 4. The third kappa shape index (κ3) is 5.68. The minimum atomic E-state index is -0.430. The molecule has 2 aromatic carbocycles. The first-order chi connectivity index (χ1) is 15.5. The van der Waals surface area contributed by atoms with Crippen LogP contribution in [-0.4, -0.2) is 43.9 Å². The van der Waals surface area contributed by atoms with E-state index >= 15 is 0 Å². The molecule has 0 saturated carbocycles. The van der Waals surface area contributed by atoms with Crippen LogP contribution >= 0.6 is 23.4 Å². The molecule has 1 atom stereocenters. The van der Waals surface area contributed by atoms with Gasteiger partial charge in [0.2, 0.25) is 5.91 Å². The van der Waals surface area contributed by atoms with Gasteiger partial charge in [-0.15, -0.1) is 10.2 Å². The summed E-state index contributed by atoms with van der Waals surface area (Å²) in [7, 11) is 0. The zero-order valence-electron chi connectivity index (χ0n) is 17.8. The Hall–Kier alpha value is -2.42. The number of piperidine rings is 1. The monoisotopic (exact) mass is 473 g/mol. The van der Waals surface area contributed by atoms with E-state index < -0.39 is 5.25 Å². The third-order valence-corrected chi connectivity index (χ3v) is 6.62. The number of aromatic nitrogens is 3. The summed E-state index contributed by atoms with van der Waals surface area (Å²) >= 11 is 7.33. The van der Waals surface area contributed by atoms with E-state index in [4.69, 9.17) is 11.6 Å². The van der Waals surface area contributed by atoms with E-state index in [9.17, 15) is 9.18 Å². The number of likely N-dealkylation sites (tertiary alicyclic amines) is 1. The second-order valence-electron chi connectivity index (χ2n) is 7.81. The molecule has 1 saturated heterocycles. The fraction of sp³-hybridized carbons (Fsp3) is 0.348. The Balaban J connectivity index is 1.55. The lowest BCUT2D eigenvalue weighted by molar-refractivity contribution is -0.115. The minimum Gasteiger partial charge on any atom is -0.325 e. The fourth-order valence-corrected chi connectivity index (χ4v) is 4.74. The normalized spacial score (nSPS) is 15.5. The molecule has 9 heteroatoms. The first-order valence-corrected chi connectivity index (χ1v) is 11.9. The van der Waals surface area contributed by atoms with Crippen molar-refractivity contribution >= 4 is 35.0 Å². The molecule has 6 nitrogen and oxygen atoms in total. The van der Waals surface area contributed by atoms with Crippen molar-refractivity contribution in [1.82, 2.24) is 19.7 Å². The van der Waals surface area contributed by atoms with Crippen molar-refractivity contribution in [1.29, 1.82) is 0 Å². The van der Waals surface area contributed by atoms with Crippen LogP contribution in [0, 0.1) is 5.82 Å². The summed E-state index contributed by atoms with van der Waals surface area (Å²) in [5.41, 5.74) is 1.41. The van der Waals surface area contributed by atoms with E-state index in [1.54, 1.807) is 36.4 Å². The van der Waals surface area contributed by atoms with Crippen molar-refractivity contribution in [2.45, 2.75) is 43.1 Å². The maximum atomic E-state index is 13.5. The molecule has 0 bridgehead atoms. The van der Waals surface area contributed by atoms with Gasteiger partial charge in [0.15, 0.2) is 11.0 Å². The van der Waals surface area contributed by atoms with Crippen LogP contribution in [0.5, 0.6) is 0 Å². The lowest BCUT2D eigenvalue weighted by Gasteiger charge is -2.26. The zero-order valence-corrected chi connectivity index (χ0v) is 19.4. The molecule has 0 spiro atoms. The Labute approximate surface area is 196 Å². The molecule has 1 amide bonds. The van der Waals surface area contributed by atoms with Gasteiger partial charge in [-0.2, -0.15) is 0 Å². The van der Waals surface area contributed by atoms with Gasteiger partial charge in [-0.05, 0) is 75.3 Å². The third-order valence-electron chi connectivity index (χ3n) is 5.34. The lowest BCUT2D eigenvalue weighted by atomic mass is 10.1. The number of carbonyl (C=O) groups excluding carboxylic acids is 1. The SMILES string of the molecule is CC(Sc1nnc(CN2CCCCC2)n1-c1ccc(F)cc1)C(=O)Nc1cccc(Cl)c1. The summed E-state index contributed by atoms with van der Waals surface area (Å²) in [5.74, 6) is 0.315. The number of amides is 1. The van der Waals surface area contributed by atoms with E-state index in [0.717, 1.165) is 24.6 Å². The quantitative estimate of drug-likeness (QED) is 0.480. The number of hydrogen-bond donors (Lipinski definition) is 1. The van der Waals surface area contributed by atoms with Crippen molar-refractivity contribution in [3.05, 3.63) is 65.2 Å². The van der Waals surface area contributed by atoms with Gasteiger partial charge in [-0.1, -0.05) is 35.9 Å². The summed E-state index contributed by atoms with van der Waals surface area (Å²) in [6.45, 7) is 4.53. The largest absolute Gasteiger partial charge is 0.325 e. The molecule has 1 unspecified atom stereocenters. The van der Waals surface area contributed by atoms with E-state index in [1.807, 2.05) is 11.5 Å². The topological polar surface area (TPSA) is 63.1 Å². The molecule has 4 rings (SSSR count). The molecule has 1 aromatic heterocycles. The molecule has 32 heavy (non-hydrogen) atoms. The molecule has 3 aromatic rings. The van der Waals surface area contributed by atoms with Crippen molar-refractivity contribution < 1.29 is 9.18 Å². The van der Waals surface area contributed by atoms with Gasteiger partial charge >= 0.3 is 0 Å². The molecular weight excluding hydrogens is 449 g/mol. The van der Waals surface area contributed by atoms with Crippen molar-refractivity contribution in [2.24, 2.45) is 0 Å². The molecule has 2 heterocycles. The van der Waals surface area contributed by atoms with E-state index in [0.29, 0.717) is 22.4 Å². The molecule has 168 valence electrons. The Morgan fingerprint density at radius 2 is 1.91 bits per heavy atom. The average molecular weight is 474 g/mol. The molecule has 1 aliphatic rings. The van der Waals surface area contributed by atoms with Crippen molar-refractivity contribution in [3.8, 4) is 5.69 Å². The predicted octanol–water partition coefficient (Wildman–Crippen LogP) is 5.17. The maximum Gasteiger partial charge on any atom is 0.237 e. The number of hydrogen-bond acceptors (Lipinski definition) is 5. The summed E-state index contributed by atoms with van der Waals surface area (Å²) in [5, 5.41) is 12.4. The van der Waals surface area contributed by atoms with Gasteiger partial charge in [0, 0.05) is 16.4 Å². The number of anilines is 1. The van der Waals surface area contributed by atoms with E-state index in [1.165, 1.54) is 43.2 Å². The Morgan fingerprint density at radius 1 is 1.16 bits per heavy atom. The molecule has 0 radical (unpaired) electrons. The van der Waals surface area contributed by atoms with Gasteiger partial charge in [-0.25, -0.2) is 4.39 Å². The highest BCUT2D eigenvalue weighted by Crippen LogP contribution is 2.28. The molecular formula is C23H25ClFN5OS. The van der Waals surface area contributed by atoms with Crippen LogP contribution < -0.4 is 5.32 Å². The second kappa shape index (κ2) is 10.5. The number of thioether (sulfide) groups is 1. The van der Waals surface area contributed by atoms with E-state index in [-0.39, 0.29) is 11.7 Å². The number of rotatable bonds is 7. The highest BCUT2D eigenvalue weighted by atomic mass is 35.5. The molecule has 1 fully saturated rings. The Bertz CT molecular complexity index is 1070. The first-order valence-electron chi connectivity index (χ1n) is 10.7. The average Bonchev–Trinajstić information content (AvgIpc) is 3.17. The molecule has 1 N–H and O–H groups in total. The van der Waals surface area contributed by atoms with Crippen molar-refractivity contribution in [3.63, 3.8) is 0 Å². The van der Waals surface area contributed by atoms with Crippen LogP contribution in [0.3, 0.4) is 0 Å². The standard InChI is InChI=1S/C23H25ClFN5OS/c1-16(22(31)26-19-7-5-6-17(24)14-19)32-23-28-27-21(15-29-12-3-2-4-13-29)30(23)20-10-8-18(25)9-11-20/h5-11,14,16H,2-4,12-13,15H2,1H3,(H,26,31). The summed E-state index contributed by atoms with van der Waals surface area (Å²) < 4.78 is 15.5. The maximum absolute atomic E-state index is 13.5. The lowest BCUT2D eigenvalue weighted by Crippen LogP contribution is -2.30. The van der Waals surface area contributed by atoms with Crippen LogP contribution in [0.25, 0.3) is 5.69 Å². The summed E-state index contributed by atoms with van der Waals surface area (Å²) in [4.78, 5) is 15.1. The second-order valence-corrected chi connectivity index (χ2v) is 9.55. The van der Waals surface area contributed by atoms with E-state index in [2.05, 4.69) is 20.4 Å². The number of carbonyl (C=O) groups is 1. The van der Waals surface area contributed by atoms with Gasteiger partial charge < -0.3 is 5.32 Å². The van der Waals surface area contributed by atoms with Crippen LogP contribution in [0.1, 0.15) is 32.0 Å². The van der Waals surface area contributed by atoms with Crippen LogP contribution in [0.4, 0.5) is 10.1 Å². The fourth-order valence-electron chi connectivity index (χ4n) is 3.67. The van der Waals surface area contributed by atoms with Gasteiger partial charge in [-0.3, -0.25) is 14.3 Å². The number of halogens is 2. The first kappa shape index (κ1) is 22.8. The molecule has 0 aliphatic carbocycles. The summed E-state index contributed by atoms with van der Waals surface area (Å²) in [6.07, 6.45) is 3.60.